The van der Waals surface area contributed by atoms with Crippen LogP contribution in [0.1, 0.15) is 18.9 Å². The Labute approximate surface area is 131 Å². The van der Waals surface area contributed by atoms with Gasteiger partial charge in [0.15, 0.2) is 0 Å². The van der Waals surface area contributed by atoms with Crippen LogP contribution in [0, 0.1) is 5.82 Å². The van der Waals surface area contributed by atoms with E-state index in [1.165, 1.54) is 6.07 Å². The predicted molar refractivity (Wildman–Crippen MR) is 85.3 cm³/mol. The molecule has 5 heteroatoms. The van der Waals surface area contributed by atoms with Gasteiger partial charge in [0.05, 0.1) is 0 Å². The minimum Gasteiger partial charge on any atom is -0.368 e. The molecule has 0 heterocycles. The second-order valence-corrected chi connectivity index (χ2v) is 5.65. The quantitative estimate of drug-likeness (QED) is 0.861. The molecule has 0 aliphatic carbocycles. The molecule has 0 aromatic heterocycles. The van der Waals surface area contributed by atoms with Gasteiger partial charge < -0.3 is 11.1 Å². The summed E-state index contributed by atoms with van der Waals surface area (Å²) < 4.78 is 15.1. The van der Waals surface area contributed by atoms with Gasteiger partial charge in [0.2, 0.25) is 5.91 Å². The summed E-state index contributed by atoms with van der Waals surface area (Å²) >= 11 is 3.35. The lowest BCUT2D eigenvalue weighted by Gasteiger charge is -2.32. The maximum absolute atomic E-state index is 14.1. The van der Waals surface area contributed by atoms with E-state index in [0.29, 0.717) is 12.1 Å². The van der Waals surface area contributed by atoms with Crippen molar-refractivity contribution in [3.8, 4) is 0 Å². The second-order valence-electron chi connectivity index (χ2n) is 4.73. The number of halogens is 2. The van der Waals surface area contributed by atoms with Gasteiger partial charge in [-0.1, -0.05) is 41.1 Å². The Hall–Kier alpha value is -1.88. The van der Waals surface area contributed by atoms with Gasteiger partial charge in [-0.3, -0.25) is 4.79 Å². The van der Waals surface area contributed by atoms with Crippen LogP contribution < -0.4 is 11.1 Å². The predicted octanol–water partition coefficient (Wildman–Crippen LogP) is 3.79. The van der Waals surface area contributed by atoms with Gasteiger partial charge >= 0.3 is 0 Å². The van der Waals surface area contributed by atoms with Gasteiger partial charge in [-0.05, 0) is 36.8 Å². The van der Waals surface area contributed by atoms with Crippen molar-refractivity contribution in [2.45, 2.75) is 18.9 Å². The van der Waals surface area contributed by atoms with Crippen LogP contribution in [-0.2, 0) is 10.3 Å². The number of carbonyl (C=O) groups is 1. The van der Waals surface area contributed by atoms with Gasteiger partial charge in [0, 0.05) is 15.7 Å². The van der Waals surface area contributed by atoms with Crippen LogP contribution in [0.4, 0.5) is 10.1 Å². The Bertz CT molecular complexity index is 645. The zero-order chi connectivity index (χ0) is 15.5. The zero-order valence-electron chi connectivity index (χ0n) is 11.6. The molecule has 0 fully saturated rings. The Kier molecular flexibility index (Phi) is 4.63. The molecule has 1 unspecified atom stereocenters. The molecular formula is C16H16BrFN2O. The number of amides is 1. The number of carbonyl (C=O) groups excluding carboxylic acids is 1. The third-order valence-corrected chi connectivity index (χ3v) is 4.02. The summed E-state index contributed by atoms with van der Waals surface area (Å²) in [5.41, 5.74) is 5.25. The van der Waals surface area contributed by atoms with Crippen LogP contribution in [0.2, 0.25) is 0 Å². The highest BCUT2D eigenvalue weighted by molar-refractivity contribution is 9.10. The molecule has 3 nitrogen and oxygen atoms in total. The second kappa shape index (κ2) is 6.26. The van der Waals surface area contributed by atoms with E-state index in [2.05, 4.69) is 21.2 Å². The van der Waals surface area contributed by atoms with E-state index >= 15 is 0 Å². The molecule has 21 heavy (non-hydrogen) atoms. The average molecular weight is 351 g/mol. The normalized spacial score (nSPS) is 13.5. The molecule has 0 bridgehead atoms. The van der Waals surface area contributed by atoms with Crippen molar-refractivity contribution in [3.05, 3.63) is 64.4 Å². The topological polar surface area (TPSA) is 55.1 Å². The molecule has 0 radical (unpaired) electrons. The fraction of sp³-hybridized carbons (Fsp3) is 0.188. The number of benzene rings is 2. The first-order chi connectivity index (χ1) is 9.99. The molecule has 2 aromatic carbocycles. The van der Waals surface area contributed by atoms with Crippen molar-refractivity contribution in [2.75, 3.05) is 5.32 Å². The van der Waals surface area contributed by atoms with E-state index in [4.69, 9.17) is 5.73 Å². The molecule has 0 saturated heterocycles. The lowest BCUT2D eigenvalue weighted by molar-refractivity contribution is -0.122. The van der Waals surface area contributed by atoms with Crippen molar-refractivity contribution in [1.29, 1.82) is 0 Å². The van der Waals surface area contributed by atoms with Crippen molar-refractivity contribution < 1.29 is 9.18 Å². The minimum atomic E-state index is -1.28. The molecule has 2 aromatic rings. The van der Waals surface area contributed by atoms with Crippen molar-refractivity contribution in [2.24, 2.45) is 5.73 Å². The highest BCUT2D eigenvalue weighted by Gasteiger charge is 2.38. The summed E-state index contributed by atoms with van der Waals surface area (Å²) in [6, 6.07) is 13.5. The summed E-state index contributed by atoms with van der Waals surface area (Å²) in [6.45, 7) is 1.79. The number of nitrogens with one attached hydrogen (secondary N) is 1. The number of anilines is 1. The van der Waals surface area contributed by atoms with Crippen LogP contribution in [0.5, 0.6) is 0 Å². The van der Waals surface area contributed by atoms with E-state index in [9.17, 15) is 9.18 Å². The molecule has 0 saturated carbocycles. The third-order valence-electron chi connectivity index (χ3n) is 3.49. The van der Waals surface area contributed by atoms with Gasteiger partial charge in [-0.2, -0.15) is 0 Å². The standard InChI is InChI=1S/C16H16BrFN2O/c1-2-16(15(19)21,13-5-3-4-6-14(13)18)20-12-9-7-11(17)8-10-12/h3-10,20H,2H2,1H3,(H2,19,21). The monoisotopic (exact) mass is 350 g/mol. The first-order valence-electron chi connectivity index (χ1n) is 6.58. The highest BCUT2D eigenvalue weighted by atomic mass is 79.9. The van der Waals surface area contributed by atoms with E-state index in [0.717, 1.165) is 4.47 Å². The summed E-state index contributed by atoms with van der Waals surface area (Å²) in [7, 11) is 0. The molecule has 1 amide bonds. The maximum Gasteiger partial charge on any atom is 0.247 e. The van der Waals surface area contributed by atoms with Crippen LogP contribution in [0.15, 0.2) is 53.0 Å². The molecule has 1 atom stereocenters. The van der Waals surface area contributed by atoms with E-state index in [-0.39, 0.29) is 5.56 Å². The SMILES string of the molecule is CCC(Nc1ccc(Br)cc1)(C(N)=O)c1ccccc1F. The smallest absolute Gasteiger partial charge is 0.247 e. The lowest BCUT2D eigenvalue weighted by Crippen LogP contribution is -2.48. The Morgan fingerprint density at radius 1 is 1.24 bits per heavy atom. The summed E-state index contributed by atoms with van der Waals surface area (Å²) in [5.74, 6) is -1.07. The Morgan fingerprint density at radius 2 is 1.86 bits per heavy atom. The number of rotatable bonds is 5. The Balaban J connectivity index is 2.50. The van der Waals surface area contributed by atoms with Crippen LogP contribution in [0.25, 0.3) is 0 Å². The number of nitrogens with two attached hydrogens (primary N) is 1. The zero-order valence-corrected chi connectivity index (χ0v) is 13.2. The fourth-order valence-electron chi connectivity index (χ4n) is 2.30. The van der Waals surface area contributed by atoms with E-state index in [1.54, 1.807) is 37.3 Å². The third kappa shape index (κ3) is 3.08. The fourth-order valence-corrected chi connectivity index (χ4v) is 2.57. The van der Waals surface area contributed by atoms with E-state index in [1.807, 2.05) is 12.1 Å². The molecule has 3 N–H and O–H groups in total. The van der Waals surface area contributed by atoms with Crippen LogP contribution in [0.3, 0.4) is 0 Å². The van der Waals surface area contributed by atoms with Crippen LogP contribution in [-0.4, -0.2) is 5.91 Å². The van der Waals surface area contributed by atoms with E-state index < -0.39 is 17.3 Å². The first kappa shape index (κ1) is 15.5. The van der Waals surface area contributed by atoms with Gasteiger partial charge in [-0.25, -0.2) is 4.39 Å². The average Bonchev–Trinajstić information content (AvgIpc) is 2.47. The van der Waals surface area contributed by atoms with Crippen molar-refractivity contribution in [3.63, 3.8) is 0 Å². The highest BCUT2D eigenvalue weighted by Crippen LogP contribution is 2.32. The summed E-state index contributed by atoms with van der Waals surface area (Å²) in [6.07, 6.45) is 0.333. The van der Waals surface area contributed by atoms with Crippen LogP contribution >= 0.6 is 15.9 Å². The molecule has 0 aliphatic rings. The largest absolute Gasteiger partial charge is 0.368 e. The van der Waals surface area contributed by atoms with Crippen molar-refractivity contribution >= 4 is 27.5 Å². The number of hydrogen-bond donors (Lipinski definition) is 2. The molecule has 0 spiro atoms. The minimum absolute atomic E-state index is 0.253. The van der Waals surface area contributed by atoms with Gasteiger partial charge in [0.1, 0.15) is 11.4 Å². The van der Waals surface area contributed by atoms with Crippen molar-refractivity contribution in [1.82, 2.24) is 0 Å². The Morgan fingerprint density at radius 3 is 2.38 bits per heavy atom. The summed E-state index contributed by atoms with van der Waals surface area (Å²) in [5, 5.41) is 3.09. The molecule has 0 aliphatic heterocycles. The van der Waals surface area contributed by atoms with Gasteiger partial charge in [-0.15, -0.1) is 0 Å². The van der Waals surface area contributed by atoms with Gasteiger partial charge in [0.25, 0.3) is 0 Å². The number of hydrogen-bond acceptors (Lipinski definition) is 2. The molecule has 110 valence electrons. The maximum atomic E-state index is 14.1. The number of primary amides is 1. The molecular weight excluding hydrogens is 335 g/mol. The molecule has 2 rings (SSSR count). The lowest BCUT2D eigenvalue weighted by atomic mass is 9.85. The summed E-state index contributed by atoms with van der Waals surface area (Å²) in [4.78, 5) is 12.1. The first-order valence-corrected chi connectivity index (χ1v) is 7.37.